The molecule has 0 radical (unpaired) electrons. The third kappa shape index (κ3) is 5.35. The van der Waals surface area contributed by atoms with Gasteiger partial charge in [-0.2, -0.15) is 0 Å². The van der Waals surface area contributed by atoms with E-state index in [0.717, 1.165) is 36.0 Å². The van der Waals surface area contributed by atoms with Crippen LogP contribution in [0.15, 0.2) is 60.9 Å². The van der Waals surface area contributed by atoms with Gasteiger partial charge in [-0.15, -0.1) is 0 Å². The SMILES string of the molecule is CC(C)NC(=O)C1(Cc2ccccc2-c2cccnc2)CCN(C(=O)[C@@H]2CC=CCC2)CC1. The first-order valence-electron chi connectivity index (χ1n) is 12.2. The number of nitrogens with zero attached hydrogens (tertiary/aromatic N) is 2. The quantitative estimate of drug-likeness (QED) is 0.651. The number of aromatic nitrogens is 1. The van der Waals surface area contributed by atoms with E-state index >= 15 is 0 Å². The van der Waals surface area contributed by atoms with Crippen LogP contribution in [-0.2, 0) is 16.0 Å². The van der Waals surface area contributed by atoms with Crippen molar-refractivity contribution in [1.82, 2.24) is 15.2 Å². The largest absolute Gasteiger partial charge is 0.353 e. The summed E-state index contributed by atoms with van der Waals surface area (Å²) < 4.78 is 0. The number of piperidine rings is 1. The molecule has 1 aromatic heterocycles. The first kappa shape index (κ1) is 23.2. The lowest BCUT2D eigenvalue weighted by atomic mass is 9.71. The maximum Gasteiger partial charge on any atom is 0.226 e. The second-order valence-electron chi connectivity index (χ2n) is 9.79. The molecule has 5 heteroatoms. The van der Waals surface area contributed by atoms with Gasteiger partial charge in [0, 0.05) is 43.0 Å². The number of allylic oxidation sites excluding steroid dienone is 2. The standard InChI is InChI=1S/C28H35N3O2/c1-21(2)30-27(33)28(14-17-31(18-15-28)26(32)22-9-4-3-5-10-22)19-23-11-6-7-13-25(23)24-12-8-16-29-20-24/h3-4,6-8,11-13,16,20-22H,5,9-10,14-15,17-19H2,1-2H3,(H,30,33)/t22-/m1/s1. The molecule has 0 bridgehead atoms. The van der Waals surface area contributed by atoms with Crippen LogP contribution < -0.4 is 5.32 Å². The maximum absolute atomic E-state index is 13.5. The van der Waals surface area contributed by atoms with Gasteiger partial charge < -0.3 is 10.2 Å². The lowest BCUT2D eigenvalue weighted by Gasteiger charge is -2.42. The van der Waals surface area contributed by atoms with Gasteiger partial charge >= 0.3 is 0 Å². The van der Waals surface area contributed by atoms with Crippen molar-refractivity contribution >= 4 is 11.8 Å². The highest BCUT2D eigenvalue weighted by Gasteiger charge is 2.43. The molecule has 2 amide bonds. The molecule has 0 unspecified atom stereocenters. The Bertz CT molecular complexity index is 991. The van der Waals surface area contributed by atoms with Gasteiger partial charge in [-0.3, -0.25) is 14.6 Å². The lowest BCUT2D eigenvalue weighted by molar-refractivity contribution is -0.143. The predicted octanol–water partition coefficient (Wildman–Crippen LogP) is 4.78. The highest BCUT2D eigenvalue weighted by Crippen LogP contribution is 2.39. The molecule has 1 N–H and O–H groups in total. The number of carbonyl (C=O) groups excluding carboxylic acids is 2. The number of rotatable bonds is 6. The second kappa shape index (κ2) is 10.3. The van der Waals surface area contributed by atoms with E-state index in [9.17, 15) is 9.59 Å². The van der Waals surface area contributed by atoms with Gasteiger partial charge in [-0.25, -0.2) is 0 Å². The van der Waals surface area contributed by atoms with Gasteiger partial charge in [0.25, 0.3) is 0 Å². The normalized spacial score (nSPS) is 20.0. The molecule has 1 atom stereocenters. The zero-order valence-corrected chi connectivity index (χ0v) is 19.8. The Hall–Kier alpha value is -2.95. The summed E-state index contributed by atoms with van der Waals surface area (Å²) in [5, 5.41) is 3.18. The molecule has 1 aliphatic heterocycles. The van der Waals surface area contributed by atoms with E-state index in [1.807, 2.05) is 43.1 Å². The highest BCUT2D eigenvalue weighted by atomic mass is 16.2. The van der Waals surface area contributed by atoms with Crippen molar-refractivity contribution in [2.75, 3.05) is 13.1 Å². The molecule has 0 spiro atoms. The van der Waals surface area contributed by atoms with E-state index in [2.05, 4.69) is 40.7 Å². The Morgan fingerprint density at radius 2 is 1.91 bits per heavy atom. The van der Waals surface area contributed by atoms with Crippen molar-refractivity contribution in [3.8, 4) is 11.1 Å². The van der Waals surface area contributed by atoms with Gasteiger partial charge in [0.15, 0.2) is 0 Å². The number of hydrogen-bond acceptors (Lipinski definition) is 3. The van der Waals surface area contributed by atoms with E-state index in [1.165, 1.54) is 0 Å². The molecule has 1 fully saturated rings. The van der Waals surface area contributed by atoms with E-state index < -0.39 is 5.41 Å². The fourth-order valence-corrected chi connectivity index (χ4v) is 5.17. The molecular formula is C28H35N3O2. The van der Waals surface area contributed by atoms with Gasteiger partial charge in [0.1, 0.15) is 0 Å². The molecule has 4 rings (SSSR count). The van der Waals surface area contributed by atoms with Crippen LogP contribution in [0.3, 0.4) is 0 Å². The molecular weight excluding hydrogens is 410 g/mol. The molecule has 2 heterocycles. The summed E-state index contributed by atoms with van der Waals surface area (Å²) >= 11 is 0. The third-order valence-electron chi connectivity index (χ3n) is 7.07. The third-order valence-corrected chi connectivity index (χ3v) is 7.07. The minimum atomic E-state index is -0.522. The Balaban J connectivity index is 1.57. The fraction of sp³-hybridized carbons (Fsp3) is 0.464. The summed E-state index contributed by atoms with van der Waals surface area (Å²) in [5.41, 5.74) is 2.81. The van der Waals surface area contributed by atoms with Crippen LogP contribution in [0.1, 0.15) is 51.5 Å². The molecule has 33 heavy (non-hydrogen) atoms. The van der Waals surface area contributed by atoms with Gasteiger partial charge in [0.05, 0.1) is 5.41 Å². The predicted molar refractivity (Wildman–Crippen MR) is 131 cm³/mol. The first-order chi connectivity index (χ1) is 16.0. The number of likely N-dealkylation sites (tertiary alicyclic amines) is 1. The van der Waals surface area contributed by atoms with Crippen LogP contribution >= 0.6 is 0 Å². The van der Waals surface area contributed by atoms with Gasteiger partial charge in [-0.1, -0.05) is 42.5 Å². The van der Waals surface area contributed by atoms with Crippen LogP contribution in [-0.4, -0.2) is 40.8 Å². The van der Waals surface area contributed by atoms with Crippen LogP contribution in [0, 0.1) is 11.3 Å². The smallest absolute Gasteiger partial charge is 0.226 e. The molecule has 2 aromatic rings. The topological polar surface area (TPSA) is 62.3 Å². The number of amides is 2. The monoisotopic (exact) mass is 445 g/mol. The van der Waals surface area contributed by atoms with Gasteiger partial charge in [0.2, 0.25) is 11.8 Å². The summed E-state index contributed by atoms with van der Waals surface area (Å²) in [6, 6.07) is 12.4. The summed E-state index contributed by atoms with van der Waals surface area (Å²) in [7, 11) is 0. The number of nitrogens with one attached hydrogen (secondary N) is 1. The van der Waals surface area contributed by atoms with E-state index in [-0.39, 0.29) is 23.8 Å². The minimum Gasteiger partial charge on any atom is -0.353 e. The summed E-state index contributed by atoms with van der Waals surface area (Å²) in [4.78, 5) is 32.9. The van der Waals surface area contributed by atoms with Crippen molar-refractivity contribution in [2.24, 2.45) is 11.3 Å². The van der Waals surface area contributed by atoms with Crippen molar-refractivity contribution in [2.45, 2.75) is 58.4 Å². The fourth-order valence-electron chi connectivity index (χ4n) is 5.17. The van der Waals surface area contributed by atoms with E-state index in [0.29, 0.717) is 32.4 Å². The van der Waals surface area contributed by atoms with Crippen molar-refractivity contribution < 1.29 is 9.59 Å². The molecule has 1 saturated heterocycles. The number of benzene rings is 1. The van der Waals surface area contributed by atoms with Crippen molar-refractivity contribution in [3.05, 3.63) is 66.5 Å². The molecule has 2 aliphatic rings. The maximum atomic E-state index is 13.5. The molecule has 0 saturated carbocycles. The zero-order chi connectivity index (χ0) is 23.3. The Kier molecular flexibility index (Phi) is 7.26. The average Bonchev–Trinajstić information content (AvgIpc) is 2.85. The summed E-state index contributed by atoms with van der Waals surface area (Å²) in [6.07, 6.45) is 12.7. The highest BCUT2D eigenvalue weighted by molar-refractivity contribution is 5.85. The average molecular weight is 446 g/mol. The van der Waals surface area contributed by atoms with Crippen molar-refractivity contribution in [1.29, 1.82) is 0 Å². The van der Waals surface area contributed by atoms with E-state index in [4.69, 9.17) is 0 Å². The Morgan fingerprint density at radius 3 is 2.58 bits per heavy atom. The molecule has 1 aromatic carbocycles. The molecule has 174 valence electrons. The van der Waals surface area contributed by atoms with E-state index in [1.54, 1.807) is 6.20 Å². The summed E-state index contributed by atoms with van der Waals surface area (Å²) in [6.45, 7) is 5.29. The first-order valence-corrected chi connectivity index (χ1v) is 12.2. The Morgan fingerprint density at radius 1 is 1.12 bits per heavy atom. The summed E-state index contributed by atoms with van der Waals surface area (Å²) in [5.74, 6) is 0.456. The minimum absolute atomic E-state index is 0.0802. The van der Waals surface area contributed by atoms with Crippen LogP contribution in [0.4, 0.5) is 0 Å². The van der Waals surface area contributed by atoms with Crippen LogP contribution in [0.2, 0.25) is 0 Å². The van der Waals surface area contributed by atoms with Gasteiger partial charge in [-0.05, 0) is 69.6 Å². The van der Waals surface area contributed by atoms with Crippen LogP contribution in [0.25, 0.3) is 11.1 Å². The molecule has 5 nitrogen and oxygen atoms in total. The number of pyridine rings is 1. The van der Waals surface area contributed by atoms with Crippen LogP contribution in [0.5, 0.6) is 0 Å². The zero-order valence-electron chi connectivity index (χ0n) is 19.8. The second-order valence-corrected chi connectivity index (χ2v) is 9.79. The number of hydrogen-bond donors (Lipinski definition) is 1. The lowest BCUT2D eigenvalue weighted by Crippen LogP contribution is -2.53. The number of carbonyl (C=O) groups is 2. The molecule has 1 aliphatic carbocycles. The van der Waals surface area contributed by atoms with Crippen molar-refractivity contribution in [3.63, 3.8) is 0 Å². The Labute approximate surface area is 197 Å².